The second-order valence-electron chi connectivity index (χ2n) is 8.83. The number of piperazine rings is 1. The smallest absolute Gasteiger partial charge is 0.317 e. The fourth-order valence-electron chi connectivity index (χ4n) is 4.79. The van der Waals surface area contributed by atoms with Crippen molar-refractivity contribution >= 4 is 23.1 Å². The van der Waals surface area contributed by atoms with E-state index in [0.29, 0.717) is 48.8 Å². The highest BCUT2D eigenvalue weighted by Crippen LogP contribution is 2.24. The molecule has 1 saturated heterocycles. The largest absolute Gasteiger partial charge is 0.495 e. The number of aromatic nitrogens is 3. The van der Waals surface area contributed by atoms with Crippen molar-refractivity contribution in [3.05, 3.63) is 58.6 Å². The van der Waals surface area contributed by atoms with Gasteiger partial charge in [-0.15, -0.1) is 0 Å². The molecule has 1 aliphatic carbocycles. The van der Waals surface area contributed by atoms with Gasteiger partial charge in [-0.2, -0.15) is 0 Å². The number of nitrogens with one attached hydrogen (secondary N) is 1. The van der Waals surface area contributed by atoms with E-state index in [1.165, 1.54) is 11.7 Å². The van der Waals surface area contributed by atoms with Gasteiger partial charge in [0.15, 0.2) is 11.3 Å². The summed E-state index contributed by atoms with van der Waals surface area (Å²) in [5.74, 6) is 0.0216. The van der Waals surface area contributed by atoms with Crippen LogP contribution in [0.5, 0.6) is 5.75 Å². The van der Waals surface area contributed by atoms with Gasteiger partial charge in [0, 0.05) is 38.4 Å². The number of methoxy groups -OCH3 is 1. The lowest BCUT2D eigenvalue weighted by molar-refractivity contribution is 0.0656. The maximum atomic E-state index is 13.6. The number of urea groups is 1. The van der Waals surface area contributed by atoms with Crippen molar-refractivity contribution in [2.45, 2.75) is 31.7 Å². The number of nitrogens with zero attached hydrogens (tertiary/aromatic N) is 5. The van der Waals surface area contributed by atoms with E-state index in [9.17, 15) is 14.4 Å². The standard InChI is InChI=1S/C25H28N6O4/c1-35-20-11-5-4-10-19(20)31-22-18(9-6-12-26-22)28-21(24(31)33)23(32)29-13-15-30(16-14-29)25(34)27-17-7-2-3-8-17/h4-6,9-12,17H,2-3,7-8,13-16H2,1H3,(H,27,34). The molecule has 0 spiro atoms. The molecule has 3 heterocycles. The number of para-hydroxylation sites is 2. The number of benzene rings is 1. The lowest BCUT2D eigenvalue weighted by Gasteiger charge is -2.35. The van der Waals surface area contributed by atoms with E-state index in [4.69, 9.17) is 4.74 Å². The molecule has 1 saturated carbocycles. The summed E-state index contributed by atoms with van der Waals surface area (Å²) >= 11 is 0. The van der Waals surface area contributed by atoms with Gasteiger partial charge in [0.1, 0.15) is 11.3 Å². The molecule has 2 aliphatic rings. The molecule has 3 amide bonds. The van der Waals surface area contributed by atoms with Crippen molar-refractivity contribution in [3.8, 4) is 11.4 Å². The minimum absolute atomic E-state index is 0.0857. The van der Waals surface area contributed by atoms with Gasteiger partial charge in [-0.1, -0.05) is 25.0 Å². The van der Waals surface area contributed by atoms with Crippen LogP contribution < -0.4 is 15.6 Å². The average Bonchev–Trinajstić information content (AvgIpc) is 3.41. The molecule has 35 heavy (non-hydrogen) atoms. The number of carbonyl (C=O) groups excluding carboxylic acids is 2. The molecule has 10 nitrogen and oxygen atoms in total. The molecule has 0 atom stereocenters. The SMILES string of the molecule is COc1ccccc1-n1c(=O)c(C(=O)N2CCN(C(=O)NC3CCCC3)CC2)nc2cccnc21. The highest BCUT2D eigenvalue weighted by atomic mass is 16.5. The van der Waals surface area contributed by atoms with Crippen LogP contribution in [0.15, 0.2) is 47.4 Å². The molecule has 5 rings (SSSR count). The molecule has 0 radical (unpaired) electrons. The van der Waals surface area contributed by atoms with E-state index in [-0.39, 0.29) is 17.8 Å². The van der Waals surface area contributed by atoms with E-state index in [2.05, 4.69) is 15.3 Å². The summed E-state index contributed by atoms with van der Waals surface area (Å²) < 4.78 is 6.83. The van der Waals surface area contributed by atoms with Crippen molar-refractivity contribution in [2.75, 3.05) is 33.3 Å². The second-order valence-corrected chi connectivity index (χ2v) is 8.83. The fraction of sp³-hybridized carbons (Fsp3) is 0.400. The third-order valence-corrected chi connectivity index (χ3v) is 6.68. The van der Waals surface area contributed by atoms with Crippen molar-refractivity contribution in [1.29, 1.82) is 0 Å². The maximum absolute atomic E-state index is 13.6. The summed E-state index contributed by atoms with van der Waals surface area (Å²) in [5.41, 5.74) is 0.504. The van der Waals surface area contributed by atoms with Crippen LogP contribution in [0.3, 0.4) is 0 Å². The number of hydrogen-bond donors (Lipinski definition) is 1. The molecule has 1 aliphatic heterocycles. The molecular weight excluding hydrogens is 448 g/mol. The molecule has 0 unspecified atom stereocenters. The van der Waals surface area contributed by atoms with Crippen LogP contribution in [0.4, 0.5) is 4.79 Å². The average molecular weight is 477 g/mol. The minimum atomic E-state index is -0.563. The predicted molar refractivity (Wildman–Crippen MR) is 130 cm³/mol. The summed E-state index contributed by atoms with van der Waals surface area (Å²) in [4.78, 5) is 51.7. The Bertz CT molecular complexity index is 1310. The Morgan fingerprint density at radius 2 is 1.71 bits per heavy atom. The monoisotopic (exact) mass is 476 g/mol. The zero-order valence-electron chi connectivity index (χ0n) is 19.6. The highest BCUT2D eigenvalue weighted by Gasteiger charge is 2.30. The van der Waals surface area contributed by atoms with E-state index in [1.807, 2.05) is 0 Å². The number of ether oxygens (including phenoxy) is 1. The van der Waals surface area contributed by atoms with E-state index in [1.54, 1.807) is 52.4 Å². The van der Waals surface area contributed by atoms with Gasteiger partial charge in [0.05, 0.1) is 12.8 Å². The molecule has 1 aromatic carbocycles. The molecule has 3 aromatic rings. The Balaban J connectivity index is 1.41. The van der Waals surface area contributed by atoms with Gasteiger partial charge in [0.2, 0.25) is 0 Å². The third-order valence-electron chi connectivity index (χ3n) is 6.68. The number of hydrogen-bond acceptors (Lipinski definition) is 6. The number of carbonyl (C=O) groups is 2. The summed E-state index contributed by atoms with van der Waals surface area (Å²) in [7, 11) is 1.52. The molecule has 2 fully saturated rings. The van der Waals surface area contributed by atoms with Gasteiger partial charge in [-0.05, 0) is 37.1 Å². The fourth-order valence-corrected chi connectivity index (χ4v) is 4.79. The third kappa shape index (κ3) is 4.43. The normalized spacial score (nSPS) is 16.5. The maximum Gasteiger partial charge on any atom is 0.317 e. The zero-order valence-corrected chi connectivity index (χ0v) is 19.6. The van der Waals surface area contributed by atoms with E-state index >= 15 is 0 Å². The van der Waals surface area contributed by atoms with Gasteiger partial charge in [0.25, 0.3) is 11.5 Å². The van der Waals surface area contributed by atoms with Crippen LogP contribution in [0.2, 0.25) is 0 Å². The number of amides is 3. The molecule has 2 aromatic heterocycles. The van der Waals surface area contributed by atoms with Gasteiger partial charge < -0.3 is 19.9 Å². The van der Waals surface area contributed by atoms with Crippen molar-refractivity contribution in [3.63, 3.8) is 0 Å². The topological polar surface area (TPSA) is 110 Å². The van der Waals surface area contributed by atoms with E-state index in [0.717, 1.165) is 25.7 Å². The van der Waals surface area contributed by atoms with Crippen LogP contribution >= 0.6 is 0 Å². The summed E-state index contributed by atoms with van der Waals surface area (Å²) in [5, 5.41) is 3.09. The molecule has 10 heteroatoms. The first kappa shape index (κ1) is 22.8. The van der Waals surface area contributed by atoms with Crippen LogP contribution in [-0.4, -0.2) is 75.6 Å². The van der Waals surface area contributed by atoms with Crippen molar-refractivity contribution < 1.29 is 14.3 Å². The molecular formula is C25H28N6O4. The predicted octanol–water partition coefficient (Wildman–Crippen LogP) is 2.20. The number of rotatable bonds is 4. The van der Waals surface area contributed by atoms with Gasteiger partial charge in [-0.3, -0.25) is 14.2 Å². The lowest BCUT2D eigenvalue weighted by atomic mass is 10.2. The zero-order chi connectivity index (χ0) is 24.4. The Kier molecular flexibility index (Phi) is 6.35. The van der Waals surface area contributed by atoms with E-state index < -0.39 is 11.5 Å². The van der Waals surface area contributed by atoms with Crippen LogP contribution in [0.25, 0.3) is 16.9 Å². The molecule has 182 valence electrons. The summed E-state index contributed by atoms with van der Waals surface area (Å²) in [6.45, 7) is 1.47. The van der Waals surface area contributed by atoms with Crippen LogP contribution in [0.1, 0.15) is 36.2 Å². The molecule has 1 N–H and O–H groups in total. The first-order valence-corrected chi connectivity index (χ1v) is 11.9. The summed E-state index contributed by atoms with van der Waals surface area (Å²) in [6, 6.07) is 10.7. The number of pyridine rings is 1. The Labute approximate surface area is 202 Å². The van der Waals surface area contributed by atoms with Gasteiger partial charge >= 0.3 is 6.03 Å². The Morgan fingerprint density at radius 1 is 1.00 bits per heavy atom. The van der Waals surface area contributed by atoms with Crippen molar-refractivity contribution in [2.24, 2.45) is 0 Å². The van der Waals surface area contributed by atoms with Crippen LogP contribution in [0, 0.1) is 0 Å². The number of fused-ring (bicyclic) bond motifs is 1. The lowest BCUT2D eigenvalue weighted by Crippen LogP contribution is -2.55. The first-order valence-electron chi connectivity index (χ1n) is 11.9. The quantitative estimate of drug-likeness (QED) is 0.618. The summed E-state index contributed by atoms with van der Waals surface area (Å²) in [6.07, 6.45) is 5.91. The van der Waals surface area contributed by atoms with Crippen molar-refractivity contribution in [1.82, 2.24) is 29.7 Å². The molecule has 0 bridgehead atoms. The Morgan fingerprint density at radius 3 is 2.46 bits per heavy atom. The highest BCUT2D eigenvalue weighted by molar-refractivity contribution is 5.94. The van der Waals surface area contributed by atoms with Crippen LogP contribution in [-0.2, 0) is 0 Å². The first-order chi connectivity index (χ1) is 17.1. The second kappa shape index (κ2) is 9.73. The van der Waals surface area contributed by atoms with Gasteiger partial charge in [-0.25, -0.2) is 14.8 Å². The Hall–Kier alpha value is -3.95. The minimum Gasteiger partial charge on any atom is -0.495 e.